The molecular formula is C22H20FN7O2S. The Morgan fingerprint density at radius 2 is 2.15 bits per heavy atom. The SMILES string of the molecule is Cc1cnn(C)c1-c1csc(OC2CN(C(=O)N3N=CCC3c3cc(F)cc(C#N)c3)C2)n1. The van der Waals surface area contributed by atoms with Gasteiger partial charge >= 0.3 is 6.03 Å². The van der Waals surface area contributed by atoms with E-state index in [2.05, 4.69) is 15.2 Å². The van der Waals surface area contributed by atoms with E-state index in [1.54, 1.807) is 28.1 Å². The lowest BCUT2D eigenvalue weighted by Gasteiger charge is -2.40. The fourth-order valence-electron chi connectivity index (χ4n) is 4.04. The molecule has 9 nitrogen and oxygen atoms in total. The van der Waals surface area contributed by atoms with Crippen LogP contribution < -0.4 is 4.74 Å². The number of hydrazone groups is 1. The first-order chi connectivity index (χ1) is 15.9. The van der Waals surface area contributed by atoms with Gasteiger partial charge in [-0.2, -0.15) is 15.5 Å². The first-order valence-electron chi connectivity index (χ1n) is 10.3. The molecule has 5 rings (SSSR count). The van der Waals surface area contributed by atoms with Crippen LogP contribution in [0.2, 0.25) is 0 Å². The first-order valence-corrected chi connectivity index (χ1v) is 11.2. The van der Waals surface area contributed by atoms with Crippen LogP contribution in [0.4, 0.5) is 9.18 Å². The molecule has 168 valence electrons. The second kappa shape index (κ2) is 8.29. The first kappa shape index (κ1) is 21.1. The number of carbonyl (C=O) groups excluding carboxylic acids is 1. The molecule has 2 aliphatic heterocycles. The number of ether oxygens (including phenoxy) is 1. The summed E-state index contributed by atoms with van der Waals surface area (Å²) in [6.07, 6.45) is 3.72. The van der Waals surface area contributed by atoms with Crippen molar-refractivity contribution in [2.24, 2.45) is 12.1 Å². The van der Waals surface area contributed by atoms with Gasteiger partial charge in [-0.1, -0.05) is 11.3 Å². The number of thiazole rings is 1. The van der Waals surface area contributed by atoms with Crippen LogP contribution in [0.25, 0.3) is 11.4 Å². The minimum atomic E-state index is -0.509. The number of nitrogens with zero attached hydrogens (tertiary/aromatic N) is 7. The number of amides is 2. The summed E-state index contributed by atoms with van der Waals surface area (Å²) in [5.41, 5.74) is 3.55. The molecule has 2 amide bonds. The zero-order valence-electron chi connectivity index (χ0n) is 18.0. The van der Waals surface area contributed by atoms with Gasteiger partial charge in [-0.15, -0.1) is 0 Å². The molecule has 4 heterocycles. The maximum atomic E-state index is 13.9. The Kier molecular flexibility index (Phi) is 5.30. The van der Waals surface area contributed by atoms with Crippen LogP contribution in [0.15, 0.2) is 34.9 Å². The van der Waals surface area contributed by atoms with Gasteiger partial charge in [0.15, 0.2) is 0 Å². The van der Waals surface area contributed by atoms with E-state index in [-0.39, 0.29) is 17.7 Å². The fourth-order valence-corrected chi connectivity index (χ4v) is 4.76. The van der Waals surface area contributed by atoms with Crippen LogP contribution in [0.3, 0.4) is 0 Å². The maximum Gasteiger partial charge on any atom is 0.341 e. The minimum absolute atomic E-state index is 0.162. The topological polar surface area (TPSA) is 99.6 Å². The molecule has 1 aromatic carbocycles. The third-order valence-corrected chi connectivity index (χ3v) is 6.42. The molecule has 0 bridgehead atoms. The molecule has 0 saturated carbocycles. The van der Waals surface area contributed by atoms with Gasteiger partial charge in [0.1, 0.15) is 17.6 Å². The zero-order valence-corrected chi connectivity index (χ0v) is 18.8. The fraction of sp³-hybridized carbons (Fsp3) is 0.318. The maximum absolute atomic E-state index is 13.9. The molecule has 1 unspecified atom stereocenters. The van der Waals surface area contributed by atoms with Crippen molar-refractivity contribution in [3.8, 4) is 22.7 Å². The Morgan fingerprint density at radius 3 is 2.88 bits per heavy atom. The molecule has 0 aliphatic carbocycles. The molecule has 3 aromatic rings. The number of rotatable bonds is 4. The van der Waals surface area contributed by atoms with Crippen LogP contribution in [0.1, 0.15) is 29.2 Å². The largest absolute Gasteiger partial charge is 0.463 e. The summed E-state index contributed by atoms with van der Waals surface area (Å²) in [5.74, 6) is -0.509. The van der Waals surface area contributed by atoms with E-state index in [1.165, 1.54) is 28.5 Å². The average molecular weight is 466 g/mol. The van der Waals surface area contributed by atoms with Crippen LogP contribution in [0, 0.1) is 24.1 Å². The molecule has 1 atom stereocenters. The van der Waals surface area contributed by atoms with Crippen LogP contribution in [-0.2, 0) is 7.05 Å². The van der Waals surface area contributed by atoms with Crippen molar-refractivity contribution in [3.05, 3.63) is 52.3 Å². The molecule has 2 aromatic heterocycles. The Hall–Kier alpha value is -3.78. The summed E-state index contributed by atoms with van der Waals surface area (Å²) in [6.45, 7) is 2.80. The monoisotopic (exact) mass is 465 g/mol. The normalized spacial score (nSPS) is 17.8. The molecule has 0 radical (unpaired) electrons. The number of hydrogen-bond donors (Lipinski definition) is 0. The molecule has 33 heavy (non-hydrogen) atoms. The molecule has 2 aliphatic rings. The number of aryl methyl sites for hydroxylation is 2. The number of halogens is 1. The number of aromatic nitrogens is 3. The average Bonchev–Trinajstić information content (AvgIpc) is 3.50. The lowest BCUT2D eigenvalue weighted by molar-refractivity contribution is 0.0276. The third kappa shape index (κ3) is 3.93. The highest BCUT2D eigenvalue weighted by Crippen LogP contribution is 2.33. The Bertz CT molecular complexity index is 1270. The lowest BCUT2D eigenvalue weighted by atomic mass is 10.0. The van der Waals surface area contributed by atoms with E-state index in [1.807, 2.05) is 25.4 Å². The summed E-state index contributed by atoms with van der Waals surface area (Å²) in [6, 6.07) is 5.33. The van der Waals surface area contributed by atoms with Crippen molar-refractivity contribution >= 4 is 23.6 Å². The van der Waals surface area contributed by atoms with Crippen LogP contribution in [-0.4, -0.2) is 56.1 Å². The number of nitriles is 1. The highest BCUT2D eigenvalue weighted by molar-refractivity contribution is 7.11. The molecule has 1 fully saturated rings. The second-order valence-corrected chi connectivity index (χ2v) is 8.83. The van der Waals surface area contributed by atoms with E-state index in [4.69, 9.17) is 10.00 Å². The second-order valence-electron chi connectivity index (χ2n) is 8.01. The van der Waals surface area contributed by atoms with Crippen molar-refractivity contribution in [3.63, 3.8) is 0 Å². The number of urea groups is 1. The van der Waals surface area contributed by atoms with Gasteiger partial charge in [-0.05, 0) is 36.2 Å². The van der Waals surface area contributed by atoms with Crippen molar-refractivity contribution in [2.75, 3.05) is 13.1 Å². The van der Waals surface area contributed by atoms with E-state index in [9.17, 15) is 9.18 Å². The molecular weight excluding hydrogens is 445 g/mol. The Labute approximate surface area is 193 Å². The van der Waals surface area contributed by atoms with Crippen molar-refractivity contribution in [1.82, 2.24) is 24.7 Å². The summed E-state index contributed by atoms with van der Waals surface area (Å²) in [5, 5.41) is 21.4. The number of benzene rings is 1. The Balaban J connectivity index is 1.21. The number of hydrogen-bond acceptors (Lipinski definition) is 7. The lowest BCUT2D eigenvalue weighted by Crippen LogP contribution is -2.58. The predicted octanol–water partition coefficient (Wildman–Crippen LogP) is 3.48. The third-order valence-electron chi connectivity index (χ3n) is 5.69. The standard InChI is InChI=1S/C22H20FN7O2S/c1-13-9-26-28(2)20(13)18-12-33-21(27-18)32-17-10-29(11-17)22(31)30-19(3-4-25-30)15-5-14(8-24)6-16(23)7-15/h4-7,9,12,17,19H,3,10-11H2,1-2H3. The van der Waals surface area contributed by atoms with E-state index in [0.29, 0.717) is 30.3 Å². The van der Waals surface area contributed by atoms with Gasteiger partial charge in [-0.3, -0.25) is 4.68 Å². The van der Waals surface area contributed by atoms with Crippen molar-refractivity contribution in [2.45, 2.75) is 25.5 Å². The van der Waals surface area contributed by atoms with Gasteiger partial charge in [0.05, 0.1) is 42.7 Å². The van der Waals surface area contributed by atoms with Crippen molar-refractivity contribution < 1.29 is 13.9 Å². The molecule has 11 heteroatoms. The van der Waals surface area contributed by atoms with Gasteiger partial charge in [0.2, 0.25) is 0 Å². The molecule has 0 N–H and O–H groups in total. The minimum Gasteiger partial charge on any atom is -0.463 e. The van der Waals surface area contributed by atoms with Crippen molar-refractivity contribution in [1.29, 1.82) is 5.26 Å². The number of carbonyl (C=O) groups is 1. The van der Waals surface area contributed by atoms with E-state index < -0.39 is 11.9 Å². The number of likely N-dealkylation sites (tertiary alicyclic amines) is 1. The highest BCUT2D eigenvalue weighted by Gasteiger charge is 2.39. The van der Waals surface area contributed by atoms with Crippen LogP contribution >= 0.6 is 11.3 Å². The van der Waals surface area contributed by atoms with Gasteiger partial charge < -0.3 is 9.64 Å². The zero-order chi connectivity index (χ0) is 23.1. The smallest absolute Gasteiger partial charge is 0.341 e. The summed E-state index contributed by atoms with van der Waals surface area (Å²) in [7, 11) is 1.87. The summed E-state index contributed by atoms with van der Waals surface area (Å²) >= 11 is 1.41. The van der Waals surface area contributed by atoms with Gasteiger partial charge in [0.25, 0.3) is 5.19 Å². The van der Waals surface area contributed by atoms with Gasteiger partial charge in [0, 0.05) is 25.1 Å². The Morgan fingerprint density at radius 1 is 1.33 bits per heavy atom. The molecule has 1 saturated heterocycles. The van der Waals surface area contributed by atoms with Gasteiger partial charge in [-0.25, -0.2) is 19.2 Å². The van der Waals surface area contributed by atoms with E-state index >= 15 is 0 Å². The predicted molar refractivity (Wildman–Crippen MR) is 119 cm³/mol. The summed E-state index contributed by atoms with van der Waals surface area (Å²) < 4.78 is 21.6. The summed E-state index contributed by atoms with van der Waals surface area (Å²) in [4.78, 5) is 19.2. The molecule has 0 spiro atoms. The highest BCUT2D eigenvalue weighted by atomic mass is 32.1. The van der Waals surface area contributed by atoms with E-state index in [0.717, 1.165) is 17.0 Å². The van der Waals surface area contributed by atoms with Crippen LogP contribution in [0.5, 0.6) is 5.19 Å². The quantitative estimate of drug-likeness (QED) is 0.587.